The van der Waals surface area contributed by atoms with Gasteiger partial charge in [-0.25, -0.2) is 0 Å². The number of oxazole rings is 1. The Balaban J connectivity index is 1.85. The highest BCUT2D eigenvalue weighted by Gasteiger charge is 2.21. The van der Waals surface area contributed by atoms with Gasteiger partial charge in [-0.1, -0.05) is 27.2 Å². The molecule has 1 unspecified atom stereocenters. The molecule has 0 bridgehead atoms. The second kappa shape index (κ2) is 6.94. The van der Waals surface area contributed by atoms with Crippen molar-refractivity contribution in [3.05, 3.63) is 12.0 Å². The maximum absolute atomic E-state index is 5.63. The highest BCUT2D eigenvalue weighted by Crippen LogP contribution is 2.24. The summed E-state index contributed by atoms with van der Waals surface area (Å²) in [5.41, 5.74) is 1.01. The van der Waals surface area contributed by atoms with E-state index < -0.39 is 0 Å². The summed E-state index contributed by atoms with van der Waals surface area (Å²) in [6, 6.07) is 0.805. The van der Waals surface area contributed by atoms with E-state index in [9.17, 15) is 0 Å². The van der Waals surface area contributed by atoms with E-state index in [0.717, 1.165) is 43.8 Å². The first-order valence-electron chi connectivity index (χ1n) is 7.59. The first-order chi connectivity index (χ1) is 9.19. The SMILES string of the molecule is CCC1CCCN(c2nc(CNCC(C)C)co2)C1. The Kier molecular flexibility index (Phi) is 5.25. The van der Waals surface area contributed by atoms with E-state index in [0.29, 0.717) is 5.92 Å². The predicted octanol–water partition coefficient (Wildman–Crippen LogP) is 3.05. The van der Waals surface area contributed by atoms with Crippen molar-refractivity contribution in [2.45, 2.75) is 46.6 Å². The van der Waals surface area contributed by atoms with Crippen LogP contribution in [0.1, 0.15) is 45.7 Å². The van der Waals surface area contributed by atoms with Crippen molar-refractivity contribution in [2.75, 3.05) is 24.5 Å². The molecular formula is C15H27N3O. The number of nitrogens with zero attached hydrogens (tertiary/aromatic N) is 2. The van der Waals surface area contributed by atoms with Crippen molar-refractivity contribution < 1.29 is 4.42 Å². The lowest BCUT2D eigenvalue weighted by Gasteiger charge is -2.30. The van der Waals surface area contributed by atoms with Crippen LogP contribution in [0.5, 0.6) is 0 Å². The fraction of sp³-hybridized carbons (Fsp3) is 0.800. The number of rotatable bonds is 6. The van der Waals surface area contributed by atoms with E-state index >= 15 is 0 Å². The maximum Gasteiger partial charge on any atom is 0.297 e. The van der Waals surface area contributed by atoms with Gasteiger partial charge < -0.3 is 14.6 Å². The number of nitrogens with one attached hydrogen (secondary N) is 1. The zero-order valence-corrected chi connectivity index (χ0v) is 12.5. The lowest BCUT2D eigenvalue weighted by atomic mass is 9.96. The van der Waals surface area contributed by atoms with Crippen LogP contribution in [0.15, 0.2) is 10.7 Å². The molecule has 0 aromatic carbocycles. The zero-order valence-electron chi connectivity index (χ0n) is 12.5. The lowest BCUT2D eigenvalue weighted by Crippen LogP contribution is -2.35. The van der Waals surface area contributed by atoms with Gasteiger partial charge in [-0.2, -0.15) is 4.98 Å². The van der Waals surface area contributed by atoms with Crippen molar-refractivity contribution in [3.8, 4) is 0 Å². The summed E-state index contributed by atoms with van der Waals surface area (Å²) < 4.78 is 5.63. The predicted molar refractivity (Wildman–Crippen MR) is 78.3 cm³/mol. The Morgan fingerprint density at radius 2 is 2.37 bits per heavy atom. The molecule has 1 atom stereocenters. The standard InChI is InChI=1S/C15H27N3O/c1-4-13-6-5-7-18(10-13)15-17-14(11-19-15)9-16-8-12(2)3/h11-13,16H,4-10H2,1-3H3. The molecule has 0 saturated carbocycles. The second-order valence-corrected chi connectivity index (χ2v) is 6.01. The molecule has 1 aliphatic rings. The summed E-state index contributed by atoms with van der Waals surface area (Å²) in [4.78, 5) is 6.89. The third-order valence-corrected chi connectivity index (χ3v) is 3.77. The molecule has 2 heterocycles. The van der Waals surface area contributed by atoms with Crippen LogP contribution in [0.3, 0.4) is 0 Å². The number of hydrogen-bond donors (Lipinski definition) is 1. The molecule has 1 fully saturated rings. The third kappa shape index (κ3) is 4.23. The van der Waals surface area contributed by atoms with Crippen LogP contribution in [0.25, 0.3) is 0 Å². The summed E-state index contributed by atoms with van der Waals surface area (Å²) in [6.45, 7) is 10.7. The molecular weight excluding hydrogens is 238 g/mol. The molecule has 0 aliphatic carbocycles. The number of piperidine rings is 1. The highest BCUT2D eigenvalue weighted by molar-refractivity contribution is 5.27. The van der Waals surface area contributed by atoms with Gasteiger partial charge in [-0.15, -0.1) is 0 Å². The van der Waals surface area contributed by atoms with Crippen LogP contribution < -0.4 is 10.2 Å². The van der Waals surface area contributed by atoms with Gasteiger partial charge in [0, 0.05) is 19.6 Å². The van der Waals surface area contributed by atoms with Crippen LogP contribution in [0, 0.1) is 11.8 Å². The van der Waals surface area contributed by atoms with E-state index in [1.807, 2.05) is 0 Å². The second-order valence-electron chi connectivity index (χ2n) is 6.01. The monoisotopic (exact) mass is 265 g/mol. The third-order valence-electron chi connectivity index (χ3n) is 3.77. The molecule has 1 N–H and O–H groups in total. The lowest BCUT2D eigenvalue weighted by molar-refractivity contribution is 0.384. The minimum Gasteiger partial charge on any atom is -0.432 e. The Labute approximate surface area is 116 Å². The van der Waals surface area contributed by atoms with Crippen molar-refractivity contribution in [3.63, 3.8) is 0 Å². The van der Waals surface area contributed by atoms with Crippen LogP contribution in [0.4, 0.5) is 6.01 Å². The van der Waals surface area contributed by atoms with Crippen molar-refractivity contribution in [1.29, 1.82) is 0 Å². The Morgan fingerprint density at radius 1 is 1.53 bits per heavy atom. The summed E-state index contributed by atoms with van der Waals surface area (Å²) in [6.07, 6.45) is 5.64. The number of anilines is 1. The molecule has 1 saturated heterocycles. The van der Waals surface area contributed by atoms with Crippen molar-refractivity contribution >= 4 is 6.01 Å². The molecule has 2 rings (SSSR count). The molecule has 4 heteroatoms. The van der Waals surface area contributed by atoms with Gasteiger partial charge in [0.25, 0.3) is 6.01 Å². The van der Waals surface area contributed by atoms with E-state index in [1.165, 1.54) is 19.3 Å². The Morgan fingerprint density at radius 3 is 3.11 bits per heavy atom. The van der Waals surface area contributed by atoms with E-state index in [1.54, 1.807) is 6.26 Å². The number of aromatic nitrogens is 1. The minimum atomic E-state index is 0.666. The molecule has 0 spiro atoms. The normalized spacial score (nSPS) is 20.2. The highest BCUT2D eigenvalue weighted by atomic mass is 16.4. The quantitative estimate of drug-likeness (QED) is 0.858. The smallest absolute Gasteiger partial charge is 0.297 e. The Hall–Kier alpha value is -1.03. The molecule has 1 aromatic heterocycles. The Bertz CT molecular complexity index is 375. The van der Waals surface area contributed by atoms with Gasteiger partial charge in [0.15, 0.2) is 0 Å². The van der Waals surface area contributed by atoms with Crippen LogP contribution in [0.2, 0.25) is 0 Å². The molecule has 108 valence electrons. The van der Waals surface area contributed by atoms with E-state index in [4.69, 9.17) is 4.42 Å². The van der Waals surface area contributed by atoms with Crippen molar-refractivity contribution in [1.82, 2.24) is 10.3 Å². The van der Waals surface area contributed by atoms with Gasteiger partial charge in [0.05, 0.1) is 5.69 Å². The largest absolute Gasteiger partial charge is 0.432 e. The molecule has 0 radical (unpaired) electrons. The van der Waals surface area contributed by atoms with Crippen LogP contribution in [-0.4, -0.2) is 24.6 Å². The summed E-state index contributed by atoms with van der Waals surface area (Å²) >= 11 is 0. The fourth-order valence-corrected chi connectivity index (χ4v) is 2.58. The minimum absolute atomic E-state index is 0.666. The van der Waals surface area contributed by atoms with Crippen LogP contribution in [-0.2, 0) is 6.54 Å². The first-order valence-corrected chi connectivity index (χ1v) is 7.59. The van der Waals surface area contributed by atoms with Gasteiger partial charge in [-0.05, 0) is 31.2 Å². The van der Waals surface area contributed by atoms with Gasteiger partial charge in [0.2, 0.25) is 0 Å². The van der Waals surface area contributed by atoms with E-state index in [-0.39, 0.29) is 0 Å². The number of hydrogen-bond acceptors (Lipinski definition) is 4. The van der Waals surface area contributed by atoms with Gasteiger partial charge >= 0.3 is 0 Å². The molecule has 19 heavy (non-hydrogen) atoms. The summed E-state index contributed by atoms with van der Waals surface area (Å²) in [5, 5.41) is 3.40. The van der Waals surface area contributed by atoms with E-state index in [2.05, 4.69) is 36.0 Å². The maximum atomic E-state index is 5.63. The fourth-order valence-electron chi connectivity index (χ4n) is 2.58. The first kappa shape index (κ1) is 14.4. The average Bonchev–Trinajstić information content (AvgIpc) is 2.87. The summed E-state index contributed by atoms with van der Waals surface area (Å²) in [7, 11) is 0. The van der Waals surface area contributed by atoms with Crippen LogP contribution >= 0.6 is 0 Å². The molecule has 4 nitrogen and oxygen atoms in total. The molecule has 1 aliphatic heterocycles. The topological polar surface area (TPSA) is 41.3 Å². The van der Waals surface area contributed by atoms with Crippen molar-refractivity contribution in [2.24, 2.45) is 11.8 Å². The van der Waals surface area contributed by atoms with Gasteiger partial charge in [0.1, 0.15) is 6.26 Å². The zero-order chi connectivity index (χ0) is 13.7. The van der Waals surface area contributed by atoms with Gasteiger partial charge in [-0.3, -0.25) is 0 Å². The average molecular weight is 265 g/mol. The summed E-state index contributed by atoms with van der Waals surface area (Å²) in [5.74, 6) is 1.46. The molecule has 1 aromatic rings. The molecule has 0 amide bonds.